The third-order valence-electron chi connectivity index (χ3n) is 2.97. The molecule has 0 saturated carbocycles. The Bertz CT molecular complexity index is 492. The van der Waals surface area contributed by atoms with Crippen LogP contribution in [0.2, 0.25) is 0 Å². The average Bonchev–Trinajstić information content (AvgIpc) is 2.35. The molecule has 0 aliphatic heterocycles. The molecular weight excluding hydrogens is 311 g/mol. The zero-order valence-corrected chi connectivity index (χ0v) is 12.5. The molecule has 0 radical (unpaired) electrons. The third kappa shape index (κ3) is 4.78. The number of benzene rings is 1. The molecule has 0 fully saturated rings. The number of nitrogens with two attached hydrogens (primary N) is 1. The van der Waals surface area contributed by atoms with Crippen molar-refractivity contribution < 1.29 is 27.4 Å². The molecule has 0 heterocycles. The summed E-state index contributed by atoms with van der Waals surface area (Å²) in [4.78, 5) is 11.7. The fourth-order valence-corrected chi connectivity index (χ4v) is 1.73. The van der Waals surface area contributed by atoms with Crippen LogP contribution in [-0.2, 0) is 9.53 Å². The minimum absolute atomic E-state index is 0. The SMILES string of the molecule is COC(=O)C(C)(C)[C@@H](N)c1ccccc1OC(F)(F)F.Cl. The summed E-state index contributed by atoms with van der Waals surface area (Å²) in [5.74, 6) is -1.05. The zero-order valence-electron chi connectivity index (χ0n) is 11.7. The van der Waals surface area contributed by atoms with Gasteiger partial charge in [0.2, 0.25) is 0 Å². The van der Waals surface area contributed by atoms with Gasteiger partial charge in [-0.05, 0) is 19.9 Å². The van der Waals surface area contributed by atoms with Gasteiger partial charge < -0.3 is 15.2 Å². The van der Waals surface area contributed by atoms with Gasteiger partial charge in [-0.2, -0.15) is 0 Å². The van der Waals surface area contributed by atoms with Crippen molar-refractivity contribution in [2.45, 2.75) is 26.3 Å². The molecule has 2 N–H and O–H groups in total. The van der Waals surface area contributed by atoms with Gasteiger partial charge in [0, 0.05) is 11.6 Å². The summed E-state index contributed by atoms with van der Waals surface area (Å²) in [7, 11) is 1.19. The molecule has 0 spiro atoms. The predicted molar refractivity (Wildman–Crippen MR) is 73.1 cm³/mol. The van der Waals surface area contributed by atoms with E-state index in [1.54, 1.807) is 0 Å². The number of para-hydroxylation sites is 1. The second-order valence-electron chi connectivity index (χ2n) is 4.78. The van der Waals surface area contributed by atoms with Crippen molar-refractivity contribution in [1.82, 2.24) is 0 Å². The Hall–Kier alpha value is -1.47. The van der Waals surface area contributed by atoms with Gasteiger partial charge in [0.25, 0.3) is 0 Å². The number of carbonyl (C=O) groups is 1. The summed E-state index contributed by atoms with van der Waals surface area (Å²) >= 11 is 0. The quantitative estimate of drug-likeness (QED) is 0.863. The Labute approximate surface area is 126 Å². The molecule has 21 heavy (non-hydrogen) atoms. The molecule has 0 unspecified atom stereocenters. The fraction of sp³-hybridized carbons (Fsp3) is 0.462. The van der Waals surface area contributed by atoms with Crippen LogP contribution in [0.5, 0.6) is 5.75 Å². The predicted octanol–water partition coefficient (Wildman–Crippen LogP) is 3.21. The molecule has 1 atom stereocenters. The number of methoxy groups -OCH3 is 1. The van der Waals surface area contributed by atoms with E-state index in [9.17, 15) is 18.0 Å². The zero-order chi connectivity index (χ0) is 15.6. The summed E-state index contributed by atoms with van der Waals surface area (Å²) in [6.07, 6.45) is -4.83. The van der Waals surface area contributed by atoms with Crippen molar-refractivity contribution in [2.24, 2.45) is 11.1 Å². The lowest BCUT2D eigenvalue weighted by Gasteiger charge is -2.30. The monoisotopic (exact) mass is 327 g/mol. The van der Waals surface area contributed by atoms with E-state index < -0.39 is 29.5 Å². The minimum Gasteiger partial charge on any atom is -0.469 e. The van der Waals surface area contributed by atoms with Crippen LogP contribution in [0.25, 0.3) is 0 Å². The summed E-state index contributed by atoms with van der Waals surface area (Å²) in [6.45, 7) is 2.99. The highest BCUT2D eigenvalue weighted by Gasteiger charge is 2.39. The lowest BCUT2D eigenvalue weighted by Crippen LogP contribution is -2.37. The molecule has 4 nitrogen and oxygen atoms in total. The minimum atomic E-state index is -4.83. The summed E-state index contributed by atoms with van der Waals surface area (Å²) < 4.78 is 45.6. The van der Waals surface area contributed by atoms with Crippen LogP contribution in [-0.4, -0.2) is 19.4 Å². The van der Waals surface area contributed by atoms with Crippen molar-refractivity contribution in [3.8, 4) is 5.75 Å². The summed E-state index contributed by atoms with van der Waals surface area (Å²) in [6, 6.07) is 4.44. The van der Waals surface area contributed by atoms with E-state index in [0.29, 0.717) is 0 Å². The van der Waals surface area contributed by atoms with Gasteiger partial charge in [0.15, 0.2) is 0 Å². The number of hydrogen-bond donors (Lipinski definition) is 1. The molecule has 0 bridgehead atoms. The van der Waals surface area contributed by atoms with E-state index in [1.807, 2.05) is 0 Å². The lowest BCUT2D eigenvalue weighted by atomic mass is 9.80. The normalized spacial score (nSPS) is 13.1. The van der Waals surface area contributed by atoms with E-state index in [4.69, 9.17) is 5.73 Å². The Balaban J connectivity index is 0.00000400. The van der Waals surface area contributed by atoms with E-state index in [2.05, 4.69) is 9.47 Å². The van der Waals surface area contributed by atoms with Crippen molar-refractivity contribution in [3.63, 3.8) is 0 Å². The smallest absolute Gasteiger partial charge is 0.469 e. The molecule has 0 aliphatic rings. The molecule has 1 rings (SSSR count). The summed E-state index contributed by atoms with van der Waals surface area (Å²) in [5, 5.41) is 0. The van der Waals surface area contributed by atoms with Gasteiger partial charge in [0.05, 0.1) is 12.5 Å². The van der Waals surface area contributed by atoms with Crippen LogP contribution >= 0.6 is 12.4 Å². The molecule has 0 aliphatic carbocycles. The molecule has 0 amide bonds. The molecule has 0 aromatic heterocycles. The van der Waals surface area contributed by atoms with Crippen LogP contribution in [0.15, 0.2) is 24.3 Å². The number of ether oxygens (including phenoxy) is 2. The van der Waals surface area contributed by atoms with Gasteiger partial charge in [-0.3, -0.25) is 4.79 Å². The highest BCUT2D eigenvalue weighted by atomic mass is 35.5. The Morgan fingerprint density at radius 1 is 1.24 bits per heavy atom. The van der Waals surface area contributed by atoms with Crippen LogP contribution in [0.4, 0.5) is 13.2 Å². The number of rotatable bonds is 4. The first-order valence-corrected chi connectivity index (χ1v) is 5.78. The van der Waals surface area contributed by atoms with Crippen LogP contribution in [0.3, 0.4) is 0 Å². The number of halogens is 4. The highest BCUT2D eigenvalue weighted by molar-refractivity contribution is 5.85. The first-order chi connectivity index (χ1) is 9.09. The maximum atomic E-state index is 12.4. The van der Waals surface area contributed by atoms with E-state index in [1.165, 1.54) is 39.2 Å². The molecule has 120 valence electrons. The van der Waals surface area contributed by atoms with Crippen molar-refractivity contribution in [1.29, 1.82) is 0 Å². The Morgan fingerprint density at radius 3 is 2.24 bits per heavy atom. The maximum Gasteiger partial charge on any atom is 0.573 e. The van der Waals surface area contributed by atoms with Gasteiger partial charge >= 0.3 is 12.3 Å². The molecule has 0 saturated heterocycles. The molecule has 8 heteroatoms. The number of esters is 1. The highest BCUT2D eigenvalue weighted by Crippen LogP contribution is 2.38. The maximum absolute atomic E-state index is 12.4. The first kappa shape index (κ1) is 19.5. The van der Waals surface area contributed by atoms with Crippen LogP contribution < -0.4 is 10.5 Å². The van der Waals surface area contributed by atoms with Gasteiger partial charge in [0.1, 0.15) is 5.75 Å². The molecular formula is C13H17ClF3NO3. The number of alkyl halides is 3. The summed E-state index contributed by atoms with van der Waals surface area (Å²) in [5.41, 5.74) is 4.81. The second kappa shape index (κ2) is 7.00. The topological polar surface area (TPSA) is 61.5 Å². The molecule has 1 aromatic rings. The molecule has 1 aromatic carbocycles. The standard InChI is InChI=1S/C13H16F3NO3.ClH/c1-12(2,11(18)19-3)10(17)8-6-4-5-7-9(8)20-13(14,15)16;/h4-7,10H,17H2,1-3H3;1H/t10-;/m0./s1. The lowest BCUT2D eigenvalue weighted by molar-refractivity contribution is -0.275. The number of hydrogen-bond acceptors (Lipinski definition) is 4. The van der Waals surface area contributed by atoms with E-state index >= 15 is 0 Å². The fourth-order valence-electron chi connectivity index (χ4n) is 1.73. The Morgan fingerprint density at radius 2 is 1.76 bits per heavy atom. The van der Waals surface area contributed by atoms with E-state index in [0.717, 1.165) is 6.07 Å². The first-order valence-electron chi connectivity index (χ1n) is 5.78. The van der Waals surface area contributed by atoms with Gasteiger partial charge in [-0.1, -0.05) is 18.2 Å². The van der Waals surface area contributed by atoms with E-state index in [-0.39, 0.29) is 18.0 Å². The largest absolute Gasteiger partial charge is 0.573 e. The number of carbonyl (C=O) groups excluding carboxylic acids is 1. The van der Waals surface area contributed by atoms with Crippen LogP contribution in [0, 0.1) is 5.41 Å². The Kier molecular flexibility index (Phi) is 6.51. The van der Waals surface area contributed by atoms with Crippen LogP contribution in [0.1, 0.15) is 25.5 Å². The third-order valence-corrected chi connectivity index (χ3v) is 2.97. The van der Waals surface area contributed by atoms with Crippen molar-refractivity contribution >= 4 is 18.4 Å². The average molecular weight is 328 g/mol. The second-order valence-corrected chi connectivity index (χ2v) is 4.78. The van der Waals surface area contributed by atoms with Gasteiger partial charge in [-0.15, -0.1) is 25.6 Å². The van der Waals surface area contributed by atoms with Gasteiger partial charge in [-0.25, -0.2) is 0 Å². The van der Waals surface area contributed by atoms with Crippen molar-refractivity contribution in [2.75, 3.05) is 7.11 Å². The van der Waals surface area contributed by atoms with Crippen molar-refractivity contribution in [3.05, 3.63) is 29.8 Å².